The highest BCUT2D eigenvalue weighted by Gasteiger charge is 2.16. The Morgan fingerprint density at radius 3 is 2.30 bits per heavy atom. The van der Waals surface area contributed by atoms with Gasteiger partial charge in [-0.2, -0.15) is 4.98 Å². The van der Waals surface area contributed by atoms with E-state index < -0.39 is 0 Å². The zero-order valence-electron chi connectivity index (χ0n) is 14.4. The monoisotopic (exact) mass is 311 g/mol. The summed E-state index contributed by atoms with van der Waals surface area (Å²) in [7, 11) is 2.16. The molecule has 0 atom stereocenters. The number of piperazine rings is 1. The fourth-order valence-electron chi connectivity index (χ4n) is 3.11. The number of hydrogen-bond donors (Lipinski definition) is 1. The van der Waals surface area contributed by atoms with Gasteiger partial charge in [0, 0.05) is 38.1 Å². The van der Waals surface area contributed by atoms with Crippen LogP contribution in [0.4, 0.5) is 17.5 Å². The SMILES string of the molecule is Cc1cc(C)c(Nc2nccc(N3CCN(C)CC3)n2)c(C)c1. The Balaban J connectivity index is 1.81. The third-order valence-corrected chi connectivity index (χ3v) is 4.38. The molecule has 1 N–H and O–H groups in total. The van der Waals surface area contributed by atoms with Gasteiger partial charge in [0.1, 0.15) is 5.82 Å². The summed E-state index contributed by atoms with van der Waals surface area (Å²) in [5, 5.41) is 3.40. The third kappa shape index (κ3) is 3.62. The van der Waals surface area contributed by atoms with Crippen molar-refractivity contribution in [2.24, 2.45) is 0 Å². The lowest BCUT2D eigenvalue weighted by molar-refractivity contribution is 0.312. The zero-order valence-corrected chi connectivity index (χ0v) is 14.4. The average molecular weight is 311 g/mol. The van der Waals surface area contributed by atoms with Gasteiger partial charge < -0.3 is 15.1 Å². The van der Waals surface area contributed by atoms with Crippen molar-refractivity contribution in [3.05, 3.63) is 41.1 Å². The maximum atomic E-state index is 4.71. The van der Waals surface area contributed by atoms with Crippen LogP contribution in [-0.2, 0) is 0 Å². The number of rotatable bonds is 3. The molecule has 5 nitrogen and oxygen atoms in total. The Labute approximate surface area is 138 Å². The molecule has 0 unspecified atom stereocenters. The van der Waals surface area contributed by atoms with E-state index in [1.54, 1.807) is 0 Å². The van der Waals surface area contributed by atoms with Gasteiger partial charge in [-0.1, -0.05) is 17.7 Å². The number of benzene rings is 1. The van der Waals surface area contributed by atoms with Crippen LogP contribution < -0.4 is 10.2 Å². The van der Waals surface area contributed by atoms with Gasteiger partial charge in [-0.3, -0.25) is 0 Å². The Hall–Kier alpha value is -2.14. The molecule has 1 saturated heterocycles. The second-order valence-corrected chi connectivity index (χ2v) is 6.43. The second kappa shape index (κ2) is 6.54. The molecule has 3 rings (SSSR count). The number of hydrogen-bond acceptors (Lipinski definition) is 5. The summed E-state index contributed by atoms with van der Waals surface area (Å²) < 4.78 is 0. The maximum absolute atomic E-state index is 4.71. The summed E-state index contributed by atoms with van der Waals surface area (Å²) >= 11 is 0. The fraction of sp³-hybridized carbons (Fsp3) is 0.444. The first-order chi connectivity index (χ1) is 11.0. The normalized spacial score (nSPS) is 15.7. The van der Waals surface area contributed by atoms with Gasteiger partial charge in [-0.05, 0) is 45.0 Å². The Kier molecular flexibility index (Phi) is 4.48. The molecule has 1 fully saturated rings. The van der Waals surface area contributed by atoms with Crippen LogP contribution in [0.1, 0.15) is 16.7 Å². The van der Waals surface area contributed by atoms with Crippen LogP contribution in [0.2, 0.25) is 0 Å². The number of aryl methyl sites for hydroxylation is 3. The van der Waals surface area contributed by atoms with Crippen molar-refractivity contribution in [1.29, 1.82) is 0 Å². The summed E-state index contributed by atoms with van der Waals surface area (Å²) in [4.78, 5) is 13.8. The predicted octanol–water partition coefficient (Wildman–Crippen LogP) is 2.90. The largest absolute Gasteiger partial charge is 0.354 e. The standard InChI is InChI=1S/C18H25N5/c1-13-11-14(2)17(15(3)12-13)21-18-19-6-5-16(20-18)23-9-7-22(4)8-10-23/h5-6,11-12H,7-10H2,1-4H3,(H,19,20,21). The Morgan fingerprint density at radius 1 is 1.00 bits per heavy atom. The molecule has 0 radical (unpaired) electrons. The summed E-state index contributed by atoms with van der Waals surface area (Å²) in [5.41, 5.74) is 4.82. The Morgan fingerprint density at radius 2 is 1.65 bits per heavy atom. The van der Waals surface area contributed by atoms with Crippen LogP contribution in [0.5, 0.6) is 0 Å². The molecule has 0 bridgehead atoms. The molecule has 2 heterocycles. The van der Waals surface area contributed by atoms with Crippen LogP contribution in [-0.4, -0.2) is 48.1 Å². The fourth-order valence-corrected chi connectivity index (χ4v) is 3.11. The van der Waals surface area contributed by atoms with Crippen LogP contribution in [0.3, 0.4) is 0 Å². The van der Waals surface area contributed by atoms with Gasteiger partial charge in [-0.15, -0.1) is 0 Å². The first-order valence-corrected chi connectivity index (χ1v) is 8.14. The molecule has 2 aromatic rings. The van der Waals surface area contributed by atoms with Gasteiger partial charge in [0.05, 0.1) is 0 Å². The van der Waals surface area contributed by atoms with E-state index in [1.165, 1.54) is 16.7 Å². The van der Waals surface area contributed by atoms with Gasteiger partial charge in [0.25, 0.3) is 0 Å². The molecule has 0 spiro atoms. The zero-order chi connectivity index (χ0) is 16.4. The molecule has 1 aliphatic heterocycles. The topological polar surface area (TPSA) is 44.3 Å². The van der Waals surface area contributed by atoms with Gasteiger partial charge >= 0.3 is 0 Å². The molecule has 1 aliphatic rings. The van der Waals surface area contributed by atoms with Gasteiger partial charge in [0.15, 0.2) is 0 Å². The van der Waals surface area contributed by atoms with E-state index in [-0.39, 0.29) is 0 Å². The van der Waals surface area contributed by atoms with Crippen molar-refractivity contribution in [1.82, 2.24) is 14.9 Å². The smallest absolute Gasteiger partial charge is 0.229 e. The number of nitrogens with zero attached hydrogens (tertiary/aromatic N) is 4. The van der Waals surface area contributed by atoms with Gasteiger partial charge in [0.2, 0.25) is 5.95 Å². The maximum Gasteiger partial charge on any atom is 0.229 e. The van der Waals surface area contributed by atoms with E-state index in [0.717, 1.165) is 37.7 Å². The summed E-state index contributed by atoms with van der Waals surface area (Å²) in [6.45, 7) is 10.5. The lowest BCUT2D eigenvalue weighted by Crippen LogP contribution is -2.44. The van der Waals surface area contributed by atoms with Crippen molar-refractivity contribution >= 4 is 17.5 Å². The summed E-state index contributed by atoms with van der Waals surface area (Å²) in [6.07, 6.45) is 1.84. The lowest BCUT2D eigenvalue weighted by atomic mass is 10.1. The van der Waals surface area contributed by atoms with E-state index in [1.807, 2.05) is 12.3 Å². The molecular weight excluding hydrogens is 286 g/mol. The molecular formula is C18H25N5. The van der Waals surface area contributed by atoms with E-state index in [9.17, 15) is 0 Å². The highest BCUT2D eigenvalue weighted by molar-refractivity contribution is 5.64. The number of aromatic nitrogens is 2. The highest BCUT2D eigenvalue weighted by Crippen LogP contribution is 2.25. The number of likely N-dealkylation sites (N-methyl/N-ethyl adjacent to an activating group) is 1. The van der Waals surface area contributed by atoms with E-state index >= 15 is 0 Å². The molecule has 23 heavy (non-hydrogen) atoms. The lowest BCUT2D eigenvalue weighted by Gasteiger charge is -2.33. The van der Waals surface area contributed by atoms with E-state index in [0.29, 0.717) is 5.95 Å². The van der Waals surface area contributed by atoms with Crippen molar-refractivity contribution in [2.45, 2.75) is 20.8 Å². The van der Waals surface area contributed by atoms with Crippen molar-refractivity contribution in [3.63, 3.8) is 0 Å². The number of anilines is 3. The minimum absolute atomic E-state index is 0.663. The first kappa shape index (κ1) is 15.7. The van der Waals surface area contributed by atoms with Crippen molar-refractivity contribution in [2.75, 3.05) is 43.4 Å². The quantitative estimate of drug-likeness (QED) is 0.944. The molecule has 0 aliphatic carbocycles. The van der Waals surface area contributed by atoms with E-state index in [2.05, 4.69) is 60.1 Å². The minimum atomic E-state index is 0.663. The molecule has 1 aromatic carbocycles. The summed E-state index contributed by atoms with van der Waals surface area (Å²) in [6, 6.07) is 6.35. The van der Waals surface area contributed by atoms with Crippen LogP contribution in [0.25, 0.3) is 0 Å². The van der Waals surface area contributed by atoms with Gasteiger partial charge in [-0.25, -0.2) is 4.98 Å². The van der Waals surface area contributed by atoms with Crippen LogP contribution >= 0.6 is 0 Å². The van der Waals surface area contributed by atoms with Crippen molar-refractivity contribution < 1.29 is 0 Å². The second-order valence-electron chi connectivity index (χ2n) is 6.43. The molecule has 5 heteroatoms. The van der Waals surface area contributed by atoms with Crippen LogP contribution in [0, 0.1) is 20.8 Å². The highest BCUT2D eigenvalue weighted by atomic mass is 15.3. The third-order valence-electron chi connectivity index (χ3n) is 4.38. The molecule has 122 valence electrons. The Bertz CT molecular complexity index is 667. The number of nitrogens with one attached hydrogen (secondary N) is 1. The molecule has 0 saturated carbocycles. The summed E-state index contributed by atoms with van der Waals surface area (Å²) in [5.74, 6) is 1.66. The minimum Gasteiger partial charge on any atom is -0.354 e. The molecule has 0 amide bonds. The van der Waals surface area contributed by atoms with Crippen LogP contribution in [0.15, 0.2) is 24.4 Å². The van der Waals surface area contributed by atoms with Crippen molar-refractivity contribution in [3.8, 4) is 0 Å². The molecule has 1 aromatic heterocycles. The average Bonchev–Trinajstić information content (AvgIpc) is 2.52. The van der Waals surface area contributed by atoms with E-state index in [4.69, 9.17) is 4.98 Å². The predicted molar refractivity (Wildman–Crippen MR) is 95.7 cm³/mol. The first-order valence-electron chi connectivity index (χ1n) is 8.14.